The van der Waals surface area contributed by atoms with Crippen LogP contribution in [0.1, 0.15) is 29.8 Å². The van der Waals surface area contributed by atoms with Crippen molar-refractivity contribution in [3.05, 3.63) is 70.8 Å². The van der Waals surface area contributed by atoms with Crippen molar-refractivity contribution in [2.24, 2.45) is 0 Å². The van der Waals surface area contributed by atoms with Gasteiger partial charge in [-0.25, -0.2) is 0 Å². The fourth-order valence-electron chi connectivity index (χ4n) is 2.42. The highest BCUT2D eigenvalue weighted by atomic mass is 35.5. The highest BCUT2D eigenvalue weighted by Crippen LogP contribution is 2.16. The summed E-state index contributed by atoms with van der Waals surface area (Å²) < 4.78 is 0. The van der Waals surface area contributed by atoms with E-state index in [-0.39, 0.29) is 5.91 Å². The molecule has 136 valence electrons. The SMILES string of the molecule is CCN(CC)c1ccc(C(=O)NNC(=O)/C=C/c2ccccc2Cl)cc1. The lowest BCUT2D eigenvalue weighted by Crippen LogP contribution is -2.40. The Balaban J connectivity index is 1.90. The van der Waals surface area contributed by atoms with Gasteiger partial charge in [-0.15, -0.1) is 0 Å². The molecule has 0 spiro atoms. The summed E-state index contributed by atoms with van der Waals surface area (Å²) in [7, 11) is 0. The van der Waals surface area contributed by atoms with Gasteiger partial charge in [-0.2, -0.15) is 0 Å². The van der Waals surface area contributed by atoms with Crippen molar-refractivity contribution >= 4 is 35.2 Å². The Morgan fingerprint density at radius 2 is 1.65 bits per heavy atom. The van der Waals surface area contributed by atoms with Crippen LogP contribution >= 0.6 is 11.6 Å². The number of hydrazine groups is 1. The normalized spacial score (nSPS) is 10.6. The van der Waals surface area contributed by atoms with Gasteiger partial charge in [0.1, 0.15) is 0 Å². The van der Waals surface area contributed by atoms with E-state index < -0.39 is 5.91 Å². The van der Waals surface area contributed by atoms with E-state index in [9.17, 15) is 9.59 Å². The molecule has 0 aliphatic carbocycles. The molecule has 26 heavy (non-hydrogen) atoms. The minimum absolute atomic E-state index is 0.379. The molecule has 2 aromatic carbocycles. The number of amides is 2. The van der Waals surface area contributed by atoms with Crippen LogP contribution in [0.4, 0.5) is 5.69 Å². The highest BCUT2D eigenvalue weighted by molar-refractivity contribution is 6.32. The summed E-state index contributed by atoms with van der Waals surface area (Å²) in [6, 6.07) is 14.4. The van der Waals surface area contributed by atoms with Crippen LogP contribution in [0.2, 0.25) is 5.02 Å². The molecule has 2 N–H and O–H groups in total. The molecule has 0 unspecified atom stereocenters. The van der Waals surface area contributed by atoms with Crippen LogP contribution in [0.25, 0.3) is 6.08 Å². The van der Waals surface area contributed by atoms with Gasteiger partial charge in [0.15, 0.2) is 0 Å². The number of nitrogens with one attached hydrogen (secondary N) is 2. The first-order valence-electron chi connectivity index (χ1n) is 8.43. The Hall–Kier alpha value is -2.79. The Morgan fingerprint density at radius 1 is 1.00 bits per heavy atom. The second-order valence-electron chi connectivity index (χ2n) is 5.52. The van der Waals surface area contributed by atoms with Crippen molar-refractivity contribution < 1.29 is 9.59 Å². The number of rotatable bonds is 6. The molecule has 0 aromatic heterocycles. The van der Waals surface area contributed by atoms with Gasteiger partial charge in [-0.3, -0.25) is 20.4 Å². The summed E-state index contributed by atoms with van der Waals surface area (Å²) in [5.41, 5.74) is 6.99. The van der Waals surface area contributed by atoms with E-state index in [1.165, 1.54) is 6.08 Å². The van der Waals surface area contributed by atoms with Gasteiger partial charge in [0.2, 0.25) is 0 Å². The molecular formula is C20H22ClN3O2. The molecule has 2 rings (SSSR count). The van der Waals surface area contributed by atoms with E-state index in [4.69, 9.17) is 11.6 Å². The summed E-state index contributed by atoms with van der Waals surface area (Å²) in [5.74, 6) is -0.825. The van der Waals surface area contributed by atoms with E-state index in [0.717, 1.165) is 24.3 Å². The van der Waals surface area contributed by atoms with Gasteiger partial charge in [0, 0.05) is 35.4 Å². The minimum Gasteiger partial charge on any atom is -0.372 e. The third kappa shape index (κ3) is 5.36. The van der Waals surface area contributed by atoms with Crippen LogP contribution in [0.5, 0.6) is 0 Å². The second kappa shape index (κ2) is 9.63. The molecule has 0 aliphatic heterocycles. The smallest absolute Gasteiger partial charge is 0.269 e. The second-order valence-corrected chi connectivity index (χ2v) is 5.92. The number of hydrogen-bond donors (Lipinski definition) is 2. The van der Waals surface area contributed by atoms with E-state index in [1.54, 1.807) is 30.3 Å². The Kier molecular flexibility index (Phi) is 7.24. The van der Waals surface area contributed by atoms with Crippen LogP contribution in [0.15, 0.2) is 54.6 Å². The number of carbonyl (C=O) groups is 2. The summed E-state index contributed by atoms with van der Waals surface area (Å²) >= 11 is 6.02. The fraction of sp³-hybridized carbons (Fsp3) is 0.200. The third-order valence-corrected chi connectivity index (χ3v) is 4.22. The summed E-state index contributed by atoms with van der Waals surface area (Å²) in [4.78, 5) is 26.1. The molecule has 0 heterocycles. The zero-order valence-corrected chi connectivity index (χ0v) is 15.6. The molecule has 0 fully saturated rings. The summed E-state index contributed by atoms with van der Waals surface area (Å²) in [6.07, 6.45) is 2.90. The molecule has 0 saturated heterocycles. The minimum atomic E-state index is -0.446. The van der Waals surface area contributed by atoms with Gasteiger partial charge >= 0.3 is 0 Å². The van der Waals surface area contributed by atoms with Crippen molar-refractivity contribution in [1.29, 1.82) is 0 Å². The lowest BCUT2D eigenvalue weighted by molar-refractivity contribution is -0.117. The Morgan fingerprint density at radius 3 is 2.27 bits per heavy atom. The summed E-state index contributed by atoms with van der Waals surface area (Å²) in [5, 5.41) is 0.550. The lowest BCUT2D eigenvalue weighted by Gasteiger charge is -2.21. The summed E-state index contributed by atoms with van der Waals surface area (Å²) in [6.45, 7) is 5.96. The zero-order chi connectivity index (χ0) is 18.9. The molecule has 0 atom stereocenters. The van der Waals surface area contributed by atoms with Crippen molar-refractivity contribution in [2.45, 2.75) is 13.8 Å². The molecule has 2 amide bonds. The van der Waals surface area contributed by atoms with Crippen LogP contribution in [-0.4, -0.2) is 24.9 Å². The maximum absolute atomic E-state index is 12.1. The van der Waals surface area contributed by atoms with Gasteiger partial charge in [0.05, 0.1) is 0 Å². The van der Waals surface area contributed by atoms with Gasteiger partial charge in [-0.05, 0) is 55.8 Å². The first-order valence-corrected chi connectivity index (χ1v) is 8.80. The van der Waals surface area contributed by atoms with Crippen LogP contribution < -0.4 is 15.8 Å². The lowest BCUT2D eigenvalue weighted by atomic mass is 10.2. The largest absolute Gasteiger partial charge is 0.372 e. The molecular weight excluding hydrogens is 350 g/mol. The van der Waals surface area contributed by atoms with E-state index in [1.807, 2.05) is 24.3 Å². The Labute approximate surface area is 158 Å². The Bertz CT molecular complexity index is 784. The van der Waals surface area contributed by atoms with Crippen LogP contribution in [0.3, 0.4) is 0 Å². The van der Waals surface area contributed by atoms with Gasteiger partial charge < -0.3 is 4.90 Å². The monoisotopic (exact) mass is 371 g/mol. The predicted octanol–water partition coefficient (Wildman–Crippen LogP) is 3.66. The van der Waals surface area contributed by atoms with Gasteiger partial charge in [0.25, 0.3) is 11.8 Å². The number of hydrogen-bond acceptors (Lipinski definition) is 3. The predicted molar refractivity (Wildman–Crippen MR) is 106 cm³/mol. The maximum atomic E-state index is 12.1. The number of nitrogens with zero attached hydrogens (tertiary/aromatic N) is 1. The average molecular weight is 372 g/mol. The first kappa shape index (κ1) is 19.5. The van der Waals surface area contributed by atoms with Crippen LogP contribution in [-0.2, 0) is 4.79 Å². The van der Waals surface area contributed by atoms with Crippen molar-refractivity contribution in [2.75, 3.05) is 18.0 Å². The number of benzene rings is 2. The molecule has 6 heteroatoms. The topological polar surface area (TPSA) is 61.4 Å². The molecule has 0 bridgehead atoms. The standard InChI is InChI=1S/C20H22ClN3O2/c1-3-24(4-2)17-12-9-16(10-13-17)20(26)23-22-19(25)14-11-15-7-5-6-8-18(15)21/h5-14H,3-4H2,1-2H3,(H,22,25)(H,23,26)/b14-11+. The fourth-order valence-corrected chi connectivity index (χ4v) is 2.62. The number of anilines is 1. The molecule has 5 nitrogen and oxygen atoms in total. The van der Waals surface area contributed by atoms with E-state index in [0.29, 0.717) is 10.6 Å². The molecule has 0 aliphatic rings. The maximum Gasteiger partial charge on any atom is 0.269 e. The molecule has 0 saturated carbocycles. The average Bonchev–Trinajstić information content (AvgIpc) is 2.67. The van der Waals surface area contributed by atoms with Crippen LogP contribution in [0, 0.1) is 0 Å². The molecule has 2 aromatic rings. The van der Waals surface area contributed by atoms with Crippen molar-refractivity contribution in [1.82, 2.24) is 10.9 Å². The quantitative estimate of drug-likeness (QED) is 0.601. The molecule has 0 radical (unpaired) electrons. The highest BCUT2D eigenvalue weighted by Gasteiger charge is 2.08. The zero-order valence-electron chi connectivity index (χ0n) is 14.8. The van der Waals surface area contributed by atoms with E-state index >= 15 is 0 Å². The van der Waals surface area contributed by atoms with Gasteiger partial charge in [-0.1, -0.05) is 29.8 Å². The first-order chi connectivity index (χ1) is 12.5. The van der Waals surface area contributed by atoms with Crippen molar-refractivity contribution in [3.8, 4) is 0 Å². The third-order valence-electron chi connectivity index (χ3n) is 3.88. The van der Waals surface area contributed by atoms with E-state index in [2.05, 4.69) is 29.6 Å². The number of carbonyl (C=O) groups excluding carboxylic acids is 2. The number of halogens is 1. The van der Waals surface area contributed by atoms with Crippen molar-refractivity contribution in [3.63, 3.8) is 0 Å².